The van der Waals surface area contributed by atoms with E-state index in [-0.39, 0.29) is 0 Å². The number of thiazole rings is 1. The van der Waals surface area contributed by atoms with E-state index in [4.69, 9.17) is 0 Å². The van der Waals surface area contributed by atoms with E-state index in [1.54, 1.807) is 11.3 Å². The zero-order chi connectivity index (χ0) is 12.0. The normalized spacial score (nSPS) is 15.0. The van der Waals surface area contributed by atoms with E-state index < -0.39 is 0 Å². The Kier molecular flexibility index (Phi) is 5.95. The molecule has 0 aromatic carbocycles. The molecule has 0 saturated heterocycles. The lowest BCUT2D eigenvalue weighted by Crippen LogP contribution is -2.33. The summed E-state index contributed by atoms with van der Waals surface area (Å²) in [5.41, 5.74) is 1.12. The number of nitrogens with zero attached hydrogens (tertiary/aromatic N) is 1. The highest BCUT2D eigenvalue weighted by atomic mass is 32.1. The maximum atomic E-state index is 4.48. The molecule has 0 aliphatic carbocycles. The fourth-order valence-electron chi connectivity index (χ4n) is 1.41. The number of nitrogens with one attached hydrogen (secondary N) is 2. The topological polar surface area (TPSA) is 37.0 Å². The van der Waals surface area contributed by atoms with Crippen molar-refractivity contribution in [2.24, 2.45) is 0 Å². The van der Waals surface area contributed by atoms with Gasteiger partial charge in [-0.3, -0.25) is 0 Å². The molecule has 0 aliphatic heterocycles. The predicted octanol–water partition coefficient (Wildman–Crippen LogP) is 2.49. The summed E-state index contributed by atoms with van der Waals surface area (Å²) < 4.78 is 0. The van der Waals surface area contributed by atoms with Crippen LogP contribution in [-0.4, -0.2) is 24.1 Å². The molecular weight excluding hydrogens is 218 g/mol. The molecule has 92 valence electrons. The Balaban J connectivity index is 2.18. The van der Waals surface area contributed by atoms with E-state index >= 15 is 0 Å². The summed E-state index contributed by atoms with van der Waals surface area (Å²) in [4.78, 5) is 4.48. The monoisotopic (exact) mass is 241 g/mol. The average molecular weight is 241 g/mol. The van der Waals surface area contributed by atoms with Gasteiger partial charge >= 0.3 is 0 Å². The van der Waals surface area contributed by atoms with Crippen LogP contribution in [0.2, 0.25) is 0 Å². The van der Waals surface area contributed by atoms with Gasteiger partial charge in [0.05, 0.1) is 6.04 Å². The van der Waals surface area contributed by atoms with Crippen LogP contribution in [-0.2, 0) is 0 Å². The summed E-state index contributed by atoms with van der Waals surface area (Å²) in [6.45, 7) is 10.6. The second kappa shape index (κ2) is 6.99. The molecule has 2 unspecified atom stereocenters. The predicted molar refractivity (Wildman–Crippen MR) is 71.0 cm³/mol. The molecule has 3 nitrogen and oxygen atoms in total. The van der Waals surface area contributed by atoms with Gasteiger partial charge < -0.3 is 10.6 Å². The van der Waals surface area contributed by atoms with E-state index in [1.807, 2.05) is 6.92 Å². The van der Waals surface area contributed by atoms with Crippen LogP contribution in [0.1, 0.15) is 43.9 Å². The summed E-state index contributed by atoms with van der Waals surface area (Å²) in [6.07, 6.45) is 1.18. The number of hydrogen-bond acceptors (Lipinski definition) is 4. The molecule has 2 N–H and O–H groups in total. The van der Waals surface area contributed by atoms with Crippen molar-refractivity contribution in [1.29, 1.82) is 0 Å². The standard InChI is InChI=1S/C12H23N3S/c1-5-9(2)13-6-7-14-11(4)12-15-10(3)8-16-12/h8-9,11,13-14H,5-7H2,1-4H3. The Morgan fingerprint density at radius 3 is 2.56 bits per heavy atom. The van der Waals surface area contributed by atoms with Crippen LogP contribution in [0.5, 0.6) is 0 Å². The van der Waals surface area contributed by atoms with Crippen molar-refractivity contribution in [3.05, 3.63) is 16.1 Å². The van der Waals surface area contributed by atoms with Gasteiger partial charge in [-0.2, -0.15) is 0 Å². The lowest BCUT2D eigenvalue weighted by atomic mass is 10.2. The first-order chi connectivity index (χ1) is 7.63. The van der Waals surface area contributed by atoms with Crippen molar-refractivity contribution < 1.29 is 0 Å². The van der Waals surface area contributed by atoms with Crippen LogP contribution in [0.4, 0.5) is 0 Å². The maximum absolute atomic E-state index is 4.48. The van der Waals surface area contributed by atoms with E-state index in [0.29, 0.717) is 12.1 Å². The third kappa shape index (κ3) is 4.60. The van der Waals surface area contributed by atoms with Gasteiger partial charge in [0.15, 0.2) is 0 Å². The van der Waals surface area contributed by atoms with Crippen molar-refractivity contribution in [1.82, 2.24) is 15.6 Å². The Morgan fingerprint density at radius 1 is 1.31 bits per heavy atom. The molecule has 0 radical (unpaired) electrons. The van der Waals surface area contributed by atoms with Gasteiger partial charge in [0, 0.05) is 30.2 Å². The second-order valence-corrected chi connectivity index (χ2v) is 5.16. The maximum Gasteiger partial charge on any atom is 0.110 e. The fraction of sp³-hybridized carbons (Fsp3) is 0.750. The highest BCUT2D eigenvalue weighted by Crippen LogP contribution is 2.16. The van der Waals surface area contributed by atoms with E-state index in [1.165, 1.54) is 11.4 Å². The molecule has 4 heteroatoms. The molecule has 0 spiro atoms. The van der Waals surface area contributed by atoms with Gasteiger partial charge in [-0.1, -0.05) is 6.92 Å². The Morgan fingerprint density at radius 2 is 2.00 bits per heavy atom. The van der Waals surface area contributed by atoms with Crippen LogP contribution < -0.4 is 10.6 Å². The number of hydrogen-bond donors (Lipinski definition) is 2. The van der Waals surface area contributed by atoms with Crippen LogP contribution in [0.15, 0.2) is 5.38 Å². The van der Waals surface area contributed by atoms with Gasteiger partial charge in [-0.25, -0.2) is 4.98 Å². The first-order valence-electron chi connectivity index (χ1n) is 6.02. The van der Waals surface area contributed by atoms with Crippen molar-refractivity contribution in [2.75, 3.05) is 13.1 Å². The first-order valence-corrected chi connectivity index (χ1v) is 6.90. The summed E-state index contributed by atoms with van der Waals surface area (Å²) in [6, 6.07) is 0.969. The Hall–Kier alpha value is -0.450. The lowest BCUT2D eigenvalue weighted by Gasteiger charge is -2.14. The zero-order valence-electron chi connectivity index (χ0n) is 10.7. The first kappa shape index (κ1) is 13.6. The zero-order valence-corrected chi connectivity index (χ0v) is 11.5. The molecule has 1 aromatic heterocycles. The van der Waals surface area contributed by atoms with E-state index in [9.17, 15) is 0 Å². The molecule has 2 atom stereocenters. The quantitative estimate of drug-likeness (QED) is 0.720. The van der Waals surface area contributed by atoms with Crippen molar-refractivity contribution in [2.45, 2.75) is 46.2 Å². The largest absolute Gasteiger partial charge is 0.313 e. The van der Waals surface area contributed by atoms with Gasteiger partial charge in [0.2, 0.25) is 0 Å². The minimum absolute atomic E-state index is 0.359. The molecule has 1 aromatic rings. The van der Waals surface area contributed by atoms with Crippen molar-refractivity contribution in [3.63, 3.8) is 0 Å². The summed E-state index contributed by atoms with van der Waals surface area (Å²) >= 11 is 1.73. The molecule has 0 aliphatic rings. The molecule has 0 bridgehead atoms. The number of aryl methyl sites for hydroxylation is 1. The van der Waals surface area contributed by atoms with Gasteiger partial charge in [0.1, 0.15) is 5.01 Å². The number of rotatable bonds is 7. The van der Waals surface area contributed by atoms with Gasteiger partial charge in [-0.15, -0.1) is 11.3 Å². The molecule has 1 rings (SSSR count). The van der Waals surface area contributed by atoms with Gasteiger partial charge in [-0.05, 0) is 27.2 Å². The van der Waals surface area contributed by atoms with Crippen molar-refractivity contribution in [3.8, 4) is 0 Å². The highest BCUT2D eigenvalue weighted by molar-refractivity contribution is 7.09. The van der Waals surface area contributed by atoms with Crippen LogP contribution in [0, 0.1) is 6.92 Å². The third-order valence-electron chi connectivity index (χ3n) is 2.69. The van der Waals surface area contributed by atoms with Crippen LogP contribution in [0.3, 0.4) is 0 Å². The highest BCUT2D eigenvalue weighted by Gasteiger charge is 2.07. The molecule has 1 heterocycles. The summed E-state index contributed by atoms with van der Waals surface area (Å²) in [5, 5.41) is 10.2. The Labute approximate surface area is 103 Å². The summed E-state index contributed by atoms with van der Waals surface area (Å²) in [7, 11) is 0. The molecule has 0 saturated carbocycles. The van der Waals surface area contributed by atoms with Gasteiger partial charge in [0.25, 0.3) is 0 Å². The third-order valence-corrected chi connectivity index (χ3v) is 3.83. The minimum Gasteiger partial charge on any atom is -0.313 e. The molecule has 0 amide bonds. The van der Waals surface area contributed by atoms with Crippen LogP contribution in [0.25, 0.3) is 0 Å². The van der Waals surface area contributed by atoms with E-state index in [0.717, 1.165) is 18.8 Å². The SMILES string of the molecule is CCC(C)NCCNC(C)c1nc(C)cs1. The Bertz CT molecular complexity index is 298. The fourth-order valence-corrected chi connectivity index (χ4v) is 2.24. The lowest BCUT2D eigenvalue weighted by molar-refractivity contribution is 0.493. The smallest absolute Gasteiger partial charge is 0.110 e. The molecular formula is C12H23N3S. The van der Waals surface area contributed by atoms with Crippen LogP contribution >= 0.6 is 11.3 Å². The van der Waals surface area contributed by atoms with Crippen molar-refractivity contribution >= 4 is 11.3 Å². The summed E-state index contributed by atoms with van der Waals surface area (Å²) in [5.74, 6) is 0. The molecule has 0 fully saturated rings. The minimum atomic E-state index is 0.359. The average Bonchev–Trinajstić information content (AvgIpc) is 2.70. The second-order valence-electron chi connectivity index (χ2n) is 4.27. The van der Waals surface area contributed by atoms with E-state index in [2.05, 4.69) is 41.8 Å². The molecule has 16 heavy (non-hydrogen) atoms. The number of aromatic nitrogens is 1.